The quantitative estimate of drug-likeness (QED) is 0.161. The van der Waals surface area contributed by atoms with Gasteiger partial charge in [-0.2, -0.15) is 0 Å². The molecule has 0 fully saturated rings. The highest BCUT2D eigenvalue weighted by atomic mass is 15.0. The smallest absolute Gasteiger partial charge is 0.182 e. The Morgan fingerprint density at radius 1 is 0.274 bits per heavy atom. The fourth-order valence-electron chi connectivity index (χ4n) is 8.89. The molecule has 0 amide bonds. The SMILES string of the molecule is c1ccc(-c2nc(-c3ccccc3)nc(-c3cc(-c4ccc5c6ccccc6n(-c6ccc(-c7ccc8c(c7)c7ccccc7n8-c7ccccc7)cc6)c5c4)ccn3)n2)cc1. The summed E-state index contributed by atoms with van der Waals surface area (Å²) in [6.45, 7) is 0. The van der Waals surface area contributed by atoms with Crippen molar-refractivity contribution in [2.45, 2.75) is 0 Å². The monoisotopic (exact) mass is 792 g/mol. The zero-order chi connectivity index (χ0) is 41.0. The van der Waals surface area contributed by atoms with Crippen LogP contribution >= 0.6 is 0 Å². The van der Waals surface area contributed by atoms with Gasteiger partial charge in [-0.25, -0.2) is 15.0 Å². The summed E-state index contributed by atoms with van der Waals surface area (Å²) in [6, 6.07) is 74.7. The van der Waals surface area contributed by atoms with Crippen molar-refractivity contribution in [1.29, 1.82) is 0 Å². The number of benzene rings is 8. The lowest BCUT2D eigenvalue weighted by Crippen LogP contribution is -2.01. The highest BCUT2D eigenvalue weighted by Crippen LogP contribution is 2.38. The summed E-state index contributed by atoms with van der Waals surface area (Å²) in [7, 11) is 0. The first-order chi connectivity index (χ1) is 30.7. The highest BCUT2D eigenvalue weighted by molar-refractivity contribution is 6.11. The second-order valence-corrected chi connectivity index (χ2v) is 15.5. The van der Waals surface area contributed by atoms with Crippen LogP contribution in [0.25, 0.3) is 112 Å². The normalized spacial score (nSPS) is 11.5. The summed E-state index contributed by atoms with van der Waals surface area (Å²) in [4.78, 5) is 19.6. The lowest BCUT2D eigenvalue weighted by atomic mass is 10.0. The molecule has 0 aliphatic carbocycles. The Morgan fingerprint density at radius 2 is 0.742 bits per heavy atom. The molecule has 12 rings (SSSR count). The Bertz CT molecular complexity index is 3550. The van der Waals surface area contributed by atoms with Crippen LogP contribution in [0.1, 0.15) is 0 Å². The maximum Gasteiger partial charge on any atom is 0.182 e. The largest absolute Gasteiger partial charge is 0.309 e. The molecule has 0 N–H and O–H groups in total. The minimum Gasteiger partial charge on any atom is -0.309 e. The maximum absolute atomic E-state index is 4.95. The molecule has 0 radical (unpaired) electrons. The Balaban J connectivity index is 0.938. The van der Waals surface area contributed by atoms with Crippen LogP contribution in [0.2, 0.25) is 0 Å². The molecular weight excluding hydrogens is 757 g/mol. The summed E-state index contributed by atoms with van der Waals surface area (Å²) in [5.41, 5.74) is 13.9. The predicted octanol–water partition coefficient (Wildman–Crippen LogP) is 13.8. The van der Waals surface area contributed by atoms with Crippen LogP contribution < -0.4 is 0 Å². The van der Waals surface area contributed by atoms with Crippen molar-refractivity contribution in [2.24, 2.45) is 0 Å². The molecule has 8 aromatic carbocycles. The van der Waals surface area contributed by atoms with E-state index in [0.717, 1.165) is 44.7 Å². The van der Waals surface area contributed by atoms with Gasteiger partial charge in [0, 0.05) is 50.2 Å². The zero-order valence-electron chi connectivity index (χ0n) is 33.5. The third kappa shape index (κ3) is 6.04. The molecule has 0 bridgehead atoms. The van der Waals surface area contributed by atoms with E-state index in [1.165, 1.54) is 43.7 Å². The molecule has 4 aromatic heterocycles. The highest BCUT2D eigenvalue weighted by Gasteiger charge is 2.17. The molecule has 4 heterocycles. The average Bonchev–Trinajstić information content (AvgIpc) is 3.87. The third-order valence-corrected chi connectivity index (χ3v) is 11.8. The van der Waals surface area contributed by atoms with E-state index < -0.39 is 0 Å². The summed E-state index contributed by atoms with van der Waals surface area (Å²) in [5.74, 6) is 1.74. The number of aromatic nitrogens is 6. The number of hydrogen-bond donors (Lipinski definition) is 0. The molecular formula is C56H36N6. The van der Waals surface area contributed by atoms with Gasteiger partial charge < -0.3 is 9.13 Å². The fraction of sp³-hybridized carbons (Fsp3) is 0. The van der Waals surface area contributed by atoms with E-state index in [1.807, 2.05) is 66.9 Å². The van der Waals surface area contributed by atoms with Crippen molar-refractivity contribution in [2.75, 3.05) is 0 Å². The van der Waals surface area contributed by atoms with Gasteiger partial charge in [0.25, 0.3) is 0 Å². The Kier molecular flexibility index (Phi) is 8.38. The number of pyridine rings is 1. The van der Waals surface area contributed by atoms with Crippen molar-refractivity contribution < 1.29 is 0 Å². The molecule has 0 saturated heterocycles. The first-order valence-electron chi connectivity index (χ1n) is 20.8. The molecule has 0 aliphatic heterocycles. The van der Waals surface area contributed by atoms with Gasteiger partial charge in [0.1, 0.15) is 5.69 Å². The van der Waals surface area contributed by atoms with Gasteiger partial charge in [0.05, 0.1) is 22.1 Å². The molecule has 290 valence electrons. The summed E-state index contributed by atoms with van der Waals surface area (Å²) >= 11 is 0. The van der Waals surface area contributed by atoms with Crippen LogP contribution in [0.4, 0.5) is 0 Å². The maximum atomic E-state index is 4.95. The molecule has 62 heavy (non-hydrogen) atoms. The van der Waals surface area contributed by atoms with E-state index in [-0.39, 0.29) is 0 Å². The van der Waals surface area contributed by atoms with E-state index >= 15 is 0 Å². The average molecular weight is 793 g/mol. The number of hydrogen-bond acceptors (Lipinski definition) is 4. The molecule has 12 aromatic rings. The summed E-state index contributed by atoms with van der Waals surface area (Å²) in [6.07, 6.45) is 1.84. The van der Waals surface area contributed by atoms with Crippen molar-refractivity contribution in [3.05, 3.63) is 219 Å². The number of fused-ring (bicyclic) bond motifs is 6. The zero-order valence-corrected chi connectivity index (χ0v) is 33.5. The van der Waals surface area contributed by atoms with Crippen LogP contribution in [0, 0.1) is 0 Å². The lowest BCUT2D eigenvalue weighted by molar-refractivity contribution is 1.06. The molecule has 6 nitrogen and oxygen atoms in total. The molecule has 0 spiro atoms. The Hall–Kier alpha value is -8.48. The molecule has 0 saturated carbocycles. The Morgan fingerprint density at radius 3 is 1.42 bits per heavy atom. The van der Waals surface area contributed by atoms with E-state index in [4.69, 9.17) is 19.9 Å². The summed E-state index contributed by atoms with van der Waals surface area (Å²) < 4.78 is 4.73. The van der Waals surface area contributed by atoms with Crippen LogP contribution in [-0.2, 0) is 0 Å². The molecule has 0 atom stereocenters. The second kappa shape index (κ2) is 14.7. The fourth-order valence-corrected chi connectivity index (χ4v) is 8.89. The van der Waals surface area contributed by atoms with E-state index in [1.54, 1.807) is 0 Å². The second-order valence-electron chi connectivity index (χ2n) is 15.5. The minimum atomic E-state index is 0.524. The minimum absolute atomic E-state index is 0.524. The first kappa shape index (κ1) is 35.5. The van der Waals surface area contributed by atoms with Crippen molar-refractivity contribution in [3.63, 3.8) is 0 Å². The van der Waals surface area contributed by atoms with Crippen molar-refractivity contribution in [3.8, 4) is 67.9 Å². The number of nitrogens with zero attached hydrogens (tertiary/aromatic N) is 6. The van der Waals surface area contributed by atoms with Crippen LogP contribution in [0.3, 0.4) is 0 Å². The number of para-hydroxylation sites is 3. The summed E-state index contributed by atoms with van der Waals surface area (Å²) in [5, 5.41) is 4.89. The van der Waals surface area contributed by atoms with Crippen LogP contribution in [0.5, 0.6) is 0 Å². The van der Waals surface area contributed by atoms with Gasteiger partial charge >= 0.3 is 0 Å². The van der Waals surface area contributed by atoms with Gasteiger partial charge in [-0.15, -0.1) is 0 Å². The van der Waals surface area contributed by atoms with E-state index in [2.05, 4.69) is 161 Å². The third-order valence-electron chi connectivity index (χ3n) is 11.8. The van der Waals surface area contributed by atoms with Gasteiger partial charge in [0.15, 0.2) is 17.5 Å². The van der Waals surface area contributed by atoms with Gasteiger partial charge in [0.2, 0.25) is 0 Å². The standard InChI is InChI=1S/C56H36N6/c1-4-14-38(15-5-1)54-58-55(39-16-6-2-7-17-39)60-56(59-54)49-35-42(32-33-57-49)41-26-30-47-45-20-10-12-22-50(45)62(53(47)36-41)44-28-24-37(25-29-44)40-27-31-52-48(34-40)46-21-11-13-23-51(46)61(52)43-18-8-3-9-19-43/h1-36H. The number of rotatable bonds is 7. The Labute approximate surface area is 357 Å². The van der Waals surface area contributed by atoms with Gasteiger partial charge in [-0.1, -0.05) is 146 Å². The van der Waals surface area contributed by atoms with Gasteiger partial charge in [-0.3, -0.25) is 4.98 Å². The molecule has 6 heteroatoms. The van der Waals surface area contributed by atoms with Crippen LogP contribution in [0.15, 0.2) is 219 Å². The van der Waals surface area contributed by atoms with Crippen molar-refractivity contribution in [1.82, 2.24) is 29.1 Å². The molecule has 0 unspecified atom stereocenters. The lowest BCUT2D eigenvalue weighted by Gasteiger charge is -2.11. The van der Waals surface area contributed by atoms with E-state index in [0.29, 0.717) is 23.2 Å². The van der Waals surface area contributed by atoms with Gasteiger partial charge in [-0.05, 0) is 89.0 Å². The first-order valence-corrected chi connectivity index (χ1v) is 20.8. The van der Waals surface area contributed by atoms with Crippen molar-refractivity contribution >= 4 is 43.6 Å². The van der Waals surface area contributed by atoms with Crippen LogP contribution in [-0.4, -0.2) is 29.1 Å². The topological polar surface area (TPSA) is 61.4 Å². The predicted molar refractivity (Wildman–Crippen MR) is 253 cm³/mol. The molecule has 0 aliphatic rings. The van der Waals surface area contributed by atoms with E-state index in [9.17, 15) is 0 Å².